The van der Waals surface area contributed by atoms with Crippen molar-refractivity contribution in [3.63, 3.8) is 0 Å². The van der Waals surface area contributed by atoms with Crippen LogP contribution in [0.2, 0.25) is 0 Å². The molecule has 1 unspecified atom stereocenters. The summed E-state index contributed by atoms with van der Waals surface area (Å²) in [5.74, 6) is -4.37. The van der Waals surface area contributed by atoms with E-state index < -0.39 is 172 Å². The first-order valence-corrected chi connectivity index (χ1v) is 23.6. The largest absolute Gasteiger partial charge is 1.00 e. The summed E-state index contributed by atoms with van der Waals surface area (Å²) in [6, 6.07) is -5.15. The van der Waals surface area contributed by atoms with Crippen molar-refractivity contribution in [1.82, 2.24) is 9.44 Å². The molecule has 3 aliphatic rings. The average molecular weight is 1160 g/mol. The first-order chi connectivity index (χ1) is 27.0. The zero-order valence-corrected chi connectivity index (χ0v) is 55.1. The molecule has 0 aliphatic carbocycles. The van der Waals surface area contributed by atoms with E-state index in [1.165, 1.54) is 4.72 Å². The SMILES string of the molecule is CO[C@H]1O[C@H](CS(=O)(=O)[O-])[C@@H](O[C@H]2O[C@H](C(=O)[O-])[C@@H](O[C@H]3O[C@H](COS(=O)(=O)[O-])[C@@H](OC)[C@H](OS(=O)(=O)[O-])[C@H]3NS(=O)(=O)[O-])C(O)[C@H]2OS(=O)(=O)[O-])[C@H](O)[C@H]1NS(=O)(=O)[O-].[Na+].[Na+].[Na+].[Na+].[Na+].[Na+].[Na+]. The number of ether oxygens (including phenoxy) is 7. The van der Waals surface area contributed by atoms with E-state index in [1.807, 2.05) is 0 Å². The van der Waals surface area contributed by atoms with Crippen molar-refractivity contribution in [2.75, 3.05) is 26.6 Å². The third kappa shape index (κ3) is 27.2. The number of aliphatic hydroxyl groups excluding tert-OH is 2. The molecule has 0 spiro atoms. The van der Waals surface area contributed by atoms with Crippen molar-refractivity contribution in [2.45, 2.75) is 92.0 Å². The molecule has 3 aliphatic heterocycles. The molecule has 0 radical (unpaired) electrons. The van der Waals surface area contributed by atoms with E-state index in [0.717, 1.165) is 11.8 Å². The average Bonchev–Trinajstić information content (AvgIpc) is 3.03. The Morgan fingerprint density at radius 2 is 0.985 bits per heavy atom. The molecular weight excluding hydrogens is 1130 g/mol. The number of hydrogen-bond donors (Lipinski definition) is 4. The maximum atomic E-state index is 12.4. The standard InChI is InChI=1S/C20H36N2O32S6.7Na/c1-45-12-5(3-47-58(36,37)38)48-19(8(22-57(33,34)35)13(12)53-59(39,40)41)51-14-10(24)15(54-60(42,43)44)20(52-16(14)17(25)26)50-11-6(4-55(27,28)29)49-18(46-2)7(9(11)23)21-56(30,31)32;;;;;;;/h5-16,18-24H,3-4H2,1-2H3,(H,25,26)(H,27,28,29)(H,30,31,32)(H,33,34,35)(H,36,37,38)(H,39,40,41)(H,42,43,44);;;;;;;/q;7*+1/p-7/t5-,6-,7-,8-,9-,10?,11-,12-,13-,14+,15-,16+,18+,19-,20+;;;;;;;/m1......./s1. The fourth-order valence-electron chi connectivity index (χ4n) is 5.87. The third-order valence-electron chi connectivity index (χ3n) is 7.92. The number of methoxy groups -OCH3 is 2. The van der Waals surface area contributed by atoms with E-state index in [4.69, 9.17) is 33.2 Å². The van der Waals surface area contributed by atoms with Crippen molar-refractivity contribution < 1.29 is 351 Å². The molecular formula is C20H29N2Na7O32S6. The molecule has 3 heterocycles. The number of aliphatic carboxylic acids is 1. The van der Waals surface area contributed by atoms with Gasteiger partial charge in [-0.05, 0) is 0 Å². The molecule has 0 bridgehead atoms. The molecule has 47 heteroatoms. The zero-order chi connectivity index (χ0) is 46.1. The van der Waals surface area contributed by atoms with Gasteiger partial charge in [0.15, 0.2) is 45.6 Å². The summed E-state index contributed by atoms with van der Waals surface area (Å²) in [5, 5.41) is 34.7. The van der Waals surface area contributed by atoms with Crippen LogP contribution in [0.3, 0.4) is 0 Å². The van der Waals surface area contributed by atoms with Crippen molar-refractivity contribution in [3.8, 4) is 0 Å². The normalized spacial score (nSPS) is 32.7. The summed E-state index contributed by atoms with van der Waals surface area (Å²) in [6.45, 7) is -1.58. The molecule has 3 rings (SSSR count). The Kier molecular flexibility index (Phi) is 40.1. The van der Waals surface area contributed by atoms with E-state index in [0.29, 0.717) is 7.11 Å². The number of carbonyl (C=O) groups excluding carboxylic acids is 1. The Hall–Kier alpha value is 5.37. The smallest absolute Gasteiger partial charge is 0.748 e. The Morgan fingerprint density at radius 3 is 1.39 bits per heavy atom. The molecule has 0 aromatic rings. The van der Waals surface area contributed by atoms with E-state index in [2.05, 4.69) is 12.5 Å². The summed E-state index contributed by atoms with van der Waals surface area (Å²) in [5.41, 5.74) is 0. The minimum absolute atomic E-state index is 0. The molecule has 354 valence electrons. The third-order valence-corrected chi connectivity index (χ3v) is 11.1. The predicted octanol–water partition coefficient (Wildman–Crippen LogP) is -32.4. The van der Waals surface area contributed by atoms with E-state index in [1.54, 1.807) is 0 Å². The summed E-state index contributed by atoms with van der Waals surface area (Å²) in [7, 11) is -33.7. The minimum Gasteiger partial charge on any atom is -0.748 e. The number of carbonyl (C=O) groups is 1. The number of nitrogens with one attached hydrogen (secondary N) is 2. The van der Waals surface area contributed by atoms with Crippen LogP contribution in [-0.2, 0) is 112 Å². The Morgan fingerprint density at radius 1 is 0.537 bits per heavy atom. The van der Waals surface area contributed by atoms with Crippen LogP contribution in [-0.4, -0.2) is 213 Å². The van der Waals surface area contributed by atoms with Gasteiger partial charge in [-0.25, -0.2) is 60.0 Å². The van der Waals surface area contributed by atoms with Crippen LogP contribution in [0.15, 0.2) is 0 Å². The van der Waals surface area contributed by atoms with Gasteiger partial charge in [0.1, 0.15) is 67.0 Å². The topological polar surface area (TPSA) is 540 Å². The second kappa shape index (κ2) is 33.1. The van der Waals surface area contributed by atoms with Crippen LogP contribution < -0.4 is 221 Å². The fourth-order valence-corrected chi connectivity index (χ4v) is 8.99. The molecule has 3 fully saturated rings. The van der Waals surface area contributed by atoms with Gasteiger partial charge in [-0.2, -0.15) is 0 Å². The van der Waals surface area contributed by atoms with Crippen LogP contribution >= 0.6 is 0 Å². The van der Waals surface area contributed by atoms with Crippen LogP contribution in [0.5, 0.6) is 0 Å². The zero-order valence-electron chi connectivity index (χ0n) is 36.2. The second-order valence-corrected chi connectivity index (χ2v) is 18.8. The maximum Gasteiger partial charge on any atom is 1.00 e. The van der Waals surface area contributed by atoms with Gasteiger partial charge in [0.2, 0.25) is 31.2 Å². The molecule has 15 atom stereocenters. The van der Waals surface area contributed by atoms with Gasteiger partial charge in [0.05, 0.1) is 28.4 Å². The first-order valence-electron chi connectivity index (χ1n) is 15.2. The summed E-state index contributed by atoms with van der Waals surface area (Å²) >= 11 is 0. The van der Waals surface area contributed by atoms with Crippen LogP contribution in [0, 0.1) is 0 Å². The van der Waals surface area contributed by atoms with Crippen molar-refractivity contribution in [1.29, 1.82) is 0 Å². The summed E-state index contributed by atoms with van der Waals surface area (Å²) < 4.78 is 259. The number of hydrogen-bond acceptors (Lipinski definition) is 32. The Labute approximate surface area is 537 Å². The van der Waals surface area contributed by atoms with E-state index in [9.17, 15) is 97.9 Å². The van der Waals surface area contributed by atoms with Crippen LogP contribution in [0.4, 0.5) is 0 Å². The molecule has 34 nitrogen and oxygen atoms in total. The van der Waals surface area contributed by atoms with Gasteiger partial charge in [-0.3, -0.25) is 12.5 Å². The Balaban J connectivity index is -0.00000183. The van der Waals surface area contributed by atoms with Crippen molar-refractivity contribution in [3.05, 3.63) is 0 Å². The molecule has 3 saturated heterocycles. The number of carboxylic acids is 1. The van der Waals surface area contributed by atoms with Gasteiger partial charge < -0.3 is 80.6 Å². The minimum atomic E-state index is -6.22. The Bertz CT molecular complexity index is 2220. The van der Waals surface area contributed by atoms with E-state index >= 15 is 0 Å². The van der Waals surface area contributed by atoms with Crippen LogP contribution in [0.25, 0.3) is 0 Å². The fraction of sp³-hybridized carbons (Fsp3) is 0.950. The summed E-state index contributed by atoms with van der Waals surface area (Å²) in [6.07, 6.45) is -35.4. The molecule has 0 amide bonds. The molecule has 0 saturated carbocycles. The van der Waals surface area contributed by atoms with Gasteiger partial charge in [0.25, 0.3) is 0 Å². The van der Waals surface area contributed by atoms with Crippen molar-refractivity contribution >= 4 is 67.9 Å². The quantitative estimate of drug-likeness (QED) is 0.0499. The van der Waals surface area contributed by atoms with Gasteiger partial charge >= 0.3 is 207 Å². The maximum absolute atomic E-state index is 12.4. The van der Waals surface area contributed by atoms with Gasteiger partial charge in [-0.15, -0.1) is 0 Å². The molecule has 67 heavy (non-hydrogen) atoms. The van der Waals surface area contributed by atoms with Crippen molar-refractivity contribution in [2.24, 2.45) is 0 Å². The number of carboxylic acid groups (broad SMARTS) is 1. The second-order valence-electron chi connectivity index (χ2n) is 12.0. The first kappa shape index (κ1) is 81.2. The molecule has 0 aromatic carbocycles. The molecule has 4 N–H and O–H groups in total. The number of aliphatic hydroxyl groups is 2. The monoisotopic (exact) mass is 1160 g/mol. The predicted molar refractivity (Wildman–Crippen MR) is 163 cm³/mol. The van der Waals surface area contributed by atoms with Crippen LogP contribution in [0.1, 0.15) is 0 Å². The number of rotatable bonds is 20. The van der Waals surface area contributed by atoms with Gasteiger partial charge in [0, 0.05) is 14.2 Å². The van der Waals surface area contributed by atoms with Gasteiger partial charge in [-0.1, -0.05) is 0 Å². The van der Waals surface area contributed by atoms with E-state index in [-0.39, 0.29) is 207 Å². The summed E-state index contributed by atoms with van der Waals surface area (Å²) in [4.78, 5) is 12.4. The molecule has 0 aromatic heterocycles.